The minimum absolute atomic E-state index is 0.0219. The van der Waals surface area contributed by atoms with Gasteiger partial charge in [-0.1, -0.05) is 19.1 Å². The largest absolute Gasteiger partial charge is 0.493 e. The van der Waals surface area contributed by atoms with E-state index >= 15 is 0 Å². The minimum atomic E-state index is -0.0219. The summed E-state index contributed by atoms with van der Waals surface area (Å²) in [6.07, 6.45) is 1.93. The van der Waals surface area contributed by atoms with E-state index < -0.39 is 0 Å². The van der Waals surface area contributed by atoms with Gasteiger partial charge in [0.05, 0.1) is 24.9 Å². The van der Waals surface area contributed by atoms with Gasteiger partial charge >= 0.3 is 0 Å². The van der Waals surface area contributed by atoms with Crippen molar-refractivity contribution >= 4 is 5.78 Å². The zero-order valence-electron chi connectivity index (χ0n) is 11.0. The van der Waals surface area contributed by atoms with Gasteiger partial charge in [-0.3, -0.25) is 4.79 Å². The maximum atomic E-state index is 12.4. The summed E-state index contributed by atoms with van der Waals surface area (Å²) in [4.78, 5) is 12.4. The molecule has 0 spiro atoms. The van der Waals surface area contributed by atoms with E-state index in [1.165, 1.54) is 0 Å². The average molecular weight is 248 g/mol. The number of para-hydroxylation sites is 1. The number of Topliss-reactive ketones (excluding diaryl/α,β-unsaturated/α-hetero) is 1. The number of benzene rings is 1. The first-order valence-electron chi connectivity index (χ1n) is 6.60. The van der Waals surface area contributed by atoms with Crippen LogP contribution in [0.3, 0.4) is 0 Å². The Morgan fingerprint density at radius 1 is 1.44 bits per heavy atom. The fourth-order valence-corrected chi connectivity index (χ4v) is 2.23. The van der Waals surface area contributed by atoms with Gasteiger partial charge < -0.3 is 9.47 Å². The molecule has 3 nitrogen and oxygen atoms in total. The molecule has 98 valence electrons. The van der Waals surface area contributed by atoms with Crippen LogP contribution >= 0.6 is 0 Å². The van der Waals surface area contributed by atoms with Crippen molar-refractivity contribution in [2.24, 2.45) is 5.92 Å². The molecule has 1 aromatic carbocycles. The first-order valence-corrected chi connectivity index (χ1v) is 6.60. The molecular weight excluding hydrogens is 228 g/mol. The van der Waals surface area contributed by atoms with Gasteiger partial charge in [-0.05, 0) is 31.9 Å². The van der Waals surface area contributed by atoms with Crippen LogP contribution in [0, 0.1) is 5.92 Å². The standard InChI is InChI=1S/C15H20O3/c1-3-8-17-14-7-5-4-6-13(14)15(16)12-9-11(2)18-10-12/h4-7,11-12H,3,8-10H2,1-2H3. The molecule has 2 atom stereocenters. The van der Waals surface area contributed by atoms with E-state index in [2.05, 4.69) is 6.92 Å². The summed E-state index contributed by atoms with van der Waals surface area (Å²) >= 11 is 0. The van der Waals surface area contributed by atoms with E-state index in [1.54, 1.807) is 0 Å². The normalized spacial score (nSPS) is 23.0. The van der Waals surface area contributed by atoms with Crippen LogP contribution in [0.25, 0.3) is 0 Å². The van der Waals surface area contributed by atoms with Gasteiger partial charge in [0, 0.05) is 5.92 Å². The second-order valence-electron chi connectivity index (χ2n) is 4.79. The van der Waals surface area contributed by atoms with E-state index in [9.17, 15) is 4.79 Å². The molecule has 1 aromatic rings. The monoisotopic (exact) mass is 248 g/mol. The van der Waals surface area contributed by atoms with E-state index in [-0.39, 0.29) is 17.8 Å². The molecule has 0 radical (unpaired) electrons. The highest BCUT2D eigenvalue weighted by atomic mass is 16.5. The van der Waals surface area contributed by atoms with E-state index in [1.807, 2.05) is 31.2 Å². The lowest BCUT2D eigenvalue weighted by Crippen LogP contribution is -2.16. The van der Waals surface area contributed by atoms with Crippen molar-refractivity contribution in [3.05, 3.63) is 29.8 Å². The van der Waals surface area contributed by atoms with Crippen molar-refractivity contribution in [2.45, 2.75) is 32.8 Å². The zero-order valence-corrected chi connectivity index (χ0v) is 11.0. The first kappa shape index (κ1) is 13.1. The molecule has 3 heteroatoms. The Kier molecular flexibility index (Phi) is 4.37. The van der Waals surface area contributed by atoms with Crippen LogP contribution in [-0.4, -0.2) is 25.1 Å². The Morgan fingerprint density at radius 3 is 2.89 bits per heavy atom. The number of carbonyl (C=O) groups is 1. The highest BCUT2D eigenvalue weighted by molar-refractivity contribution is 6.00. The number of hydrogen-bond donors (Lipinski definition) is 0. The molecule has 1 fully saturated rings. The molecule has 0 bridgehead atoms. The topological polar surface area (TPSA) is 35.5 Å². The number of rotatable bonds is 5. The smallest absolute Gasteiger partial charge is 0.172 e. The Labute approximate surface area is 108 Å². The number of ketones is 1. The van der Waals surface area contributed by atoms with E-state index in [4.69, 9.17) is 9.47 Å². The molecule has 2 unspecified atom stereocenters. The van der Waals surface area contributed by atoms with Crippen molar-refractivity contribution in [3.63, 3.8) is 0 Å². The molecule has 1 aliphatic rings. The van der Waals surface area contributed by atoms with Crippen LogP contribution in [0.1, 0.15) is 37.0 Å². The van der Waals surface area contributed by atoms with Crippen molar-refractivity contribution in [1.29, 1.82) is 0 Å². The summed E-state index contributed by atoms with van der Waals surface area (Å²) in [7, 11) is 0. The SMILES string of the molecule is CCCOc1ccccc1C(=O)C1COC(C)C1. The molecule has 0 N–H and O–H groups in total. The minimum Gasteiger partial charge on any atom is -0.493 e. The Balaban J connectivity index is 2.14. The van der Waals surface area contributed by atoms with Gasteiger partial charge in [0.25, 0.3) is 0 Å². The Hall–Kier alpha value is -1.35. The second-order valence-corrected chi connectivity index (χ2v) is 4.79. The van der Waals surface area contributed by atoms with Crippen molar-refractivity contribution in [1.82, 2.24) is 0 Å². The van der Waals surface area contributed by atoms with Gasteiger partial charge in [-0.25, -0.2) is 0 Å². The Bertz CT molecular complexity index is 414. The lowest BCUT2D eigenvalue weighted by Gasteiger charge is -2.12. The van der Waals surface area contributed by atoms with Crippen LogP contribution in [-0.2, 0) is 4.74 Å². The highest BCUT2D eigenvalue weighted by Crippen LogP contribution is 2.27. The lowest BCUT2D eigenvalue weighted by molar-refractivity contribution is 0.0874. The van der Waals surface area contributed by atoms with Crippen molar-refractivity contribution in [2.75, 3.05) is 13.2 Å². The summed E-state index contributed by atoms with van der Waals surface area (Å²) in [6, 6.07) is 7.49. The molecule has 0 aromatic heterocycles. The fourth-order valence-electron chi connectivity index (χ4n) is 2.23. The lowest BCUT2D eigenvalue weighted by atomic mass is 9.95. The molecule has 0 aliphatic carbocycles. The van der Waals surface area contributed by atoms with E-state index in [0.717, 1.165) is 12.8 Å². The van der Waals surface area contributed by atoms with Crippen molar-refractivity contribution < 1.29 is 14.3 Å². The van der Waals surface area contributed by atoms with Crippen LogP contribution in [0.2, 0.25) is 0 Å². The van der Waals surface area contributed by atoms with Gasteiger partial charge in [0.1, 0.15) is 5.75 Å². The van der Waals surface area contributed by atoms with Crippen LogP contribution in [0.4, 0.5) is 0 Å². The highest BCUT2D eigenvalue weighted by Gasteiger charge is 2.30. The number of carbonyl (C=O) groups excluding carboxylic acids is 1. The summed E-state index contributed by atoms with van der Waals surface area (Å²) in [5, 5.41) is 0. The predicted octanol–water partition coefficient (Wildman–Crippen LogP) is 3.08. The van der Waals surface area contributed by atoms with Crippen LogP contribution in [0.15, 0.2) is 24.3 Å². The van der Waals surface area contributed by atoms with Crippen LogP contribution < -0.4 is 4.74 Å². The second kappa shape index (κ2) is 6.01. The summed E-state index contributed by atoms with van der Waals surface area (Å²) in [5.74, 6) is 0.821. The third-order valence-electron chi connectivity index (χ3n) is 3.18. The molecule has 1 heterocycles. The fraction of sp³-hybridized carbons (Fsp3) is 0.533. The molecule has 1 aliphatic heterocycles. The molecule has 0 saturated carbocycles. The quantitative estimate of drug-likeness (QED) is 0.751. The van der Waals surface area contributed by atoms with E-state index in [0.29, 0.717) is 24.5 Å². The third-order valence-corrected chi connectivity index (χ3v) is 3.18. The molecular formula is C15H20O3. The predicted molar refractivity (Wildman–Crippen MR) is 70.1 cm³/mol. The average Bonchev–Trinajstić information content (AvgIpc) is 2.82. The maximum absolute atomic E-state index is 12.4. The summed E-state index contributed by atoms with van der Waals surface area (Å²) < 4.78 is 11.1. The number of ether oxygens (including phenoxy) is 2. The maximum Gasteiger partial charge on any atom is 0.172 e. The molecule has 0 amide bonds. The van der Waals surface area contributed by atoms with Gasteiger partial charge in [-0.2, -0.15) is 0 Å². The summed E-state index contributed by atoms with van der Waals surface area (Å²) in [5.41, 5.74) is 0.689. The first-order chi connectivity index (χ1) is 8.72. The van der Waals surface area contributed by atoms with Gasteiger partial charge in [0.2, 0.25) is 0 Å². The molecule has 1 saturated heterocycles. The van der Waals surface area contributed by atoms with Gasteiger partial charge in [0.15, 0.2) is 5.78 Å². The Morgan fingerprint density at radius 2 is 2.22 bits per heavy atom. The van der Waals surface area contributed by atoms with Crippen LogP contribution in [0.5, 0.6) is 5.75 Å². The third kappa shape index (κ3) is 2.91. The molecule has 2 rings (SSSR count). The molecule has 18 heavy (non-hydrogen) atoms. The van der Waals surface area contributed by atoms with Crippen molar-refractivity contribution in [3.8, 4) is 5.75 Å². The summed E-state index contributed by atoms with van der Waals surface area (Å²) in [6.45, 7) is 5.23. The zero-order chi connectivity index (χ0) is 13.0. The number of hydrogen-bond acceptors (Lipinski definition) is 3. The van der Waals surface area contributed by atoms with Gasteiger partial charge in [-0.15, -0.1) is 0 Å².